The van der Waals surface area contributed by atoms with Crippen LogP contribution in [-0.4, -0.2) is 29.9 Å². The quantitative estimate of drug-likeness (QED) is 0.946. The number of aryl methyl sites for hydroxylation is 1. The molecule has 0 aliphatic carbocycles. The van der Waals surface area contributed by atoms with Crippen LogP contribution in [-0.2, 0) is 6.42 Å². The van der Waals surface area contributed by atoms with Crippen LogP contribution in [0.1, 0.15) is 27.2 Å². The highest BCUT2D eigenvalue weighted by Crippen LogP contribution is 2.23. The second-order valence-electron chi connectivity index (χ2n) is 6.24. The Hall–Kier alpha value is -1.65. The van der Waals surface area contributed by atoms with Crippen molar-refractivity contribution >= 4 is 17.2 Å². The van der Waals surface area contributed by atoms with E-state index < -0.39 is 0 Å². The smallest absolute Gasteiger partial charge is 0.263 e. The SMILES string of the molecule is Cc1ccc(CC2CC(N)CN(C(=O)c3cccs3)C2)cc1. The van der Waals surface area contributed by atoms with Gasteiger partial charge < -0.3 is 10.6 Å². The number of nitrogens with zero attached hydrogens (tertiary/aromatic N) is 1. The Morgan fingerprint density at radius 3 is 2.73 bits per heavy atom. The van der Waals surface area contributed by atoms with Gasteiger partial charge >= 0.3 is 0 Å². The van der Waals surface area contributed by atoms with E-state index in [-0.39, 0.29) is 11.9 Å². The van der Waals surface area contributed by atoms with E-state index in [1.165, 1.54) is 22.5 Å². The van der Waals surface area contributed by atoms with Gasteiger partial charge in [-0.25, -0.2) is 0 Å². The highest BCUT2D eigenvalue weighted by Gasteiger charge is 2.29. The number of nitrogens with two attached hydrogens (primary N) is 1. The molecule has 1 aliphatic rings. The van der Waals surface area contributed by atoms with E-state index in [0.717, 1.165) is 24.3 Å². The minimum absolute atomic E-state index is 0.0770. The molecule has 22 heavy (non-hydrogen) atoms. The summed E-state index contributed by atoms with van der Waals surface area (Å²) in [5.41, 5.74) is 8.80. The van der Waals surface area contributed by atoms with Crippen LogP contribution in [0.25, 0.3) is 0 Å². The van der Waals surface area contributed by atoms with Crippen LogP contribution in [0, 0.1) is 12.8 Å². The fraction of sp³-hybridized carbons (Fsp3) is 0.389. The minimum Gasteiger partial charge on any atom is -0.336 e. The second kappa shape index (κ2) is 6.63. The standard InChI is InChI=1S/C18H22N2OS/c1-13-4-6-14(7-5-13)9-15-10-16(19)12-20(11-15)18(21)17-3-2-8-22-17/h2-8,15-16H,9-12,19H2,1H3. The van der Waals surface area contributed by atoms with Crippen molar-refractivity contribution in [3.05, 3.63) is 57.8 Å². The van der Waals surface area contributed by atoms with Crippen LogP contribution in [0.3, 0.4) is 0 Å². The normalized spacial score (nSPS) is 21.8. The molecule has 0 radical (unpaired) electrons. The monoisotopic (exact) mass is 314 g/mol. The molecule has 1 aliphatic heterocycles. The van der Waals surface area contributed by atoms with E-state index in [1.807, 2.05) is 22.4 Å². The summed E-state index contributed by atoms with van der Waals surface area (Å²) >= 11 is 1.50. The maximum Gasteiger partial charge on any atom is 0.263 e. The maximum atomic E-state index is 12.5. The van der Waals surface area contributed by atoms with Crippen LogP contribution < -0.4 is 5.73 Å². The average molecular weight is 314 g/mol. The molecule has 3 nitrogen and oxygen atoms in total. The predicted octanol–water partition coefficient (Wildman–Crippen LogP) is 3.09. The molecular weight excluding hydrogens is 292 g/mol. The first-order chi connectivity index (χ1) is 10.6. The summed E-state index contributed by atoms with van der Waals surface area (Å²) in [4.78, 5) is 15.3. The fourth-order valence-electron chi connectivity index (χ4n) is 3.17. The third-order valence-electron chi connectivity index (χ3n) is 4.23. The van der Waals surface area contributed by atoms with Gasteiger partial charge in [0, 0.05) is 19.1 Å². The summed E-state index contributed by atoms with van der Waals surface area (Å²) in [7, 11) is 0. The number of carbonyl (C=O) groups is 1. The molecule has 2 heterocycles. The van der Waals surface area contributed by atoms with E-state index >= 15 is 0 Å². The summed E-state index contributed by atoms with van der Waals surface area (Å²) in [6, 6.07) is 12.5. The summed E-state index contributed by atoms with van der Waals surface area (Å²) in [5, 5.41) is 1.95. The summed E-state index contributed by atoms with van der Waals surface area (Å²) < 4.78 is 0. The molecule has 1 saturated heterocycles. The number of thiophene rings is 1. The van der Waals surface area contributed by atoms with Crippen molar-refractivity contribution in [3.8, 4) is 0 Å². The molecule has 3 rings (SSSR count). The van der Waals surface area contributed by atoms with E-state index in [1.54, 1.807) is 0 Å². The number of hydrogen-bond donors (Lipinski definition) is 1. The first kappa shape index (κ1) is 15.3. The maximum absolute atomic E-state index is 12.5. The molecule has 1 fully saturated rings. The zero-order valence-electron chi connectivity index (χ0n) is 12.9. The van der Waals surface area contributed by atoms with Crippen molar-refractivity contribution in [3.63, 3.8) is 0 Å². The van der Waals surface area contributed by atoms with Crippen LogP contribution in [0.15, 0.2) is 41.8 Å². The molecule has 2 unspecified atom stereocenters. The Kier molecular flexibility index (Phi) is 4.60. The van der Waals surface area contributed by atoms with Crippen LogP contribution >= 0.6 is 11.3 Å². The molecule has 116 valence electrons. The minimum atomic E-state index is 0.0770. The number of likely N-dealkylation sites (tertiary alicyclic amines) is 1. The van der Waals surface area contributed by atoms with Crippen molar-refractivity contribution in [1.29, 1.82) is 0 Å². The molecule has 2 aromatic rings. The Labute approximate surface area is 135 Å². The van der Waals surface area contributed by atoms with E-state index in [0.29, 0.717) is 12.5 Å². The average Bonchev–Trinajstić information content (AvgIpc) is 3.02. The molecule has 0 spiro atoms. The molecule has 0 bridgehead atoms. The third kappa shape index (κ3) is 3.57. The zero-order chi connectivity index (χ0) is 15.5. The van der Waals surface area contributed by atoms with Gasteiger partial charge in [-0.2, -0.15) is 0 Å². The van der Waals surface area contributed by atoms with Gasteiger partial charge in [0.25, 0.3) is 5.91 Å². The van der Waals surface area contributed by atoms with Gasteiger partial charge in [-0.1, -0.05) is 35.9 Å². The summed E-state index contributed by atoms with van der Waals surface area (Å²) in [6.07, 6.45) is 1.98. The van der Waals surface area contributed by atoms with Gasteiger partial charge in [0.05, 0.1) is 4.88 Å². The van der Waals surface area contributed by atoms with Crippen molar-refractivity contribution in [2.75, 3.05) is 13.1 Å². The van der Waals surface area contributed by atoms with Crippen LogP contribution in [0.2, 0.25) is 0 Å². The lowest BCUT2D eigenvalue weighted by Gasteiger charge is -2.36. The number of benzene rings is 1. The Morgan fingerprint density at radius 2 is 2.05 bits per heavy atom. The van der Waals surface area contributed by atoms with Gasteiger partial charge in [0.15, 0.2) is 0 Å². The third-order valence-corrected chi connectivity index (χ3v) is 5.09. The lowest BCUT2D eigenvalue weighted by atomic mass is 9.89. The Balaban J connectivity index is 1.68. The fourth-order valence-corrected chi connectivity index (χ4v) is 3.86. The van der Waals surface area contributed by atoms with E-state index in [4.69, 9.17) is 5.73 Å². The molecule has 0 saturated carbocycles. The molecule has 2 atom stereocenters. The van der Waals surface area contributed by atoms with Crippen molar-refractivity contribution < 1.29 is 4.79 Å². The Morgan fingerprint density at radius 1 is 1.27 bits per heavy atom. The Bertz CT molecular complexity index is 621. The highest BCUT2D eigenvalue weighted by atomic mass is 32.1. The van der Waals surface area contributed by atoms with Gasteiger partial charge in [-0.05, 0) is 42.7 Å². The van der Waals surface area contributed by atoms with Crippen LogP contribution in [0.4, 0.5) is 0 Å². The number of amides is 1. The number of carbonyl (C=O) groups excluding carboxylic acids is 1. The predicted molar refractivity (Wildman–Crippen MR) is 91.2 cm³/mol. The van der Waals surface area contributed by atoms with Gasteiger partial charge in [0.1, 0.15) is 0 Å². The van der Waals surface area contributed by atoms with Crippen molar-refractivity contribution in [1.82, 2.24) is 4.90 Å². The lowest BCUT2D eigenvalue weighted by Crippen LogP contribution is -2.49. The van der Waals surface area contributed by atoms with Gasteiger partial charge in [-0.3, -0.25) is 4.79 Å². The highest BCUT2D eigenvalue weighted by molar-refractivity contribution is 7.12. The molecular formula is C18H22N2OS. The summed E-state index contributed by atoms with van der Waals surface area (Å²) in [6.45, 7) is 3.57. The molecule has 4 heteroatoms. The molecule has 1 aromatic heterocycles. The zero-order valence-corrected chi connectivity index (χ0v) is 13.7. The largest absolute Gasteiger partial charge is 0.336 e. The van der Waals surface area contributed by atoms with Crippen LogP contribution in [0.5, 0.6) is 0 Å². The van der Waals surface area contributed by atoms with Crippen molar-refractivity contribution in [2.45, 2.75) is 25.8 Å². The topological polar surface area (TPSA) is 46.3 Å². The van der Waals surface area contributed by atoms with E-state index in [2.05, 4.69) is 31.2 Å². The van der Waals surface area contributed by atoms with Gasteiger partial charge in [0.2, 0.25) is 0 Å². The molecule has 1 aromatic carbocycles. The first-order valence-electron chi connectivity index (χ1n) is 7.75. The van der Waals surface area contributed by atoms with Gasteiger partial charge in [-0.15, -0.1) is 11.3 Å². The van der Waals surface area contributed by atoms with Crippen molar-refractivity contribution in [2.24, 2.45) is 11.7 Å². The summed E-state index contributed by atoms with van der Waals surface area (Å²) in [5.74, 6) is 0.564. The number of hydrogen-bond acceptors (Lipinski definition) is 3. The first-order valence-corrected chi connectivity index (χ1v) is 8.63. The molecule has 1 amide bonds. The number of rotatable bonds is 3. The van der Waals surface area contributed by atoms with E-state index in [9.17, 15) is 4.79 Å². The second-order valence-corrected chi connectivity index (χ2v) is 7.19. The molecule has 2 N–H and O–H groups in total. The lowest BCUT2D eigenvalue weighted by molar-refractivity contribution is 0.0654. The number of piperidine rings is 1.